The van der Waals surface area contributed by atoms with E-state index in [1.165, 1.54) is 23.5 Å². The number of amides is 4. The van der Waals surface area contributed by atoms with E-state index in [0.29, 0.717) is 30.8 Å². The fraction of sp³-hybridized carbons (Fsp3) is 0.674. The molecule has 0 saturated carbocycles. The molecule has 1 aliphatic rings. The number of piperidine rings is 1. The molecule has 0 bridgehead atoms. The molecule has 3 rings (SSSR count). The molecule has 15 heteroatoms. The quantitative estimate of drug-likeness (QED) is 0.0364. The number of hydrogen-bond acceptors (Lipinski definition) is 9. The number of benzene rings is 1. The third-order valence-corrected chi connectivity index (χ3v) is 12.6. The van der Waals surface area contributed by atoms with E-state index in [1.54, 1.807) is 24.4 Å². The first-order valence-corrected chi connectivity index (χ1v) is 22.0. The molecule has 6 N–H and O–H groups in total. The minimum atomic E-state index is -1.03. The Morgan fingerprint density at radius 3 is 2.33 bits per heavy atom. The number of carbonyl (C=O) groups excluding carboxylic acids is 4. The first-order valence-electron chi connectivity index (χ1n) is 21.1. The second-order valence-electron chi connectivity index (χ2n) is 16.5. The predicted octanol–water partition coefficient (Wildman–Crippen LogP) is 6.04. The van der Waals surface area contributed by atoms with Gasteiger partial charge in [0.25, 0.3) is 5.91 Å². The summed E-state index contributed by atoms with van der Waals surface area (Å²) in [7, 11) is 1.95. The van der Waals surface area contributed by atoms with Crippen LogP contribution in [0.5, 0.6) is 0 Å². The zero-order valence-electron chi connectivity index (χ0n) is 35.6. The minimum absolute atomic E-state index is 0.0631. The second kappa shape index (κ2) is 24.2. The average Bonchev–Trinajstić information content (AvgIpc) is 3.69. The van der Waals surface area contributed by atoms with Gasteiger partial charge in [0.1, 0.15) is 17.6 Å². The van der Waals surface area contributed by atoms with Crippen LogP contribution in [0.4, 0.5) is 4.39 Å². The van der Waals surface area contributed by atoms with Crippen LogP contribution in [0.3, 0.4) is 0 Å². The molecule has 2 heterocycles. The lowest BCUT2D eigenvalue weighted by Gasteiger charge is -2.40. The van der Waals surface area contributed by atoms with E-state index in [2.05, 4.69) is 32.9 Å². The smallest absolute Gasteiger partial charge is 0.304 e. The maximum atomic E-state index is 14.8. The highest BCUT2D eigenvalue weighted by Gasteiger charge is 2.38. The van der Waals surface area contributed by atoms with Crippen molar-refractivity contribution in [3.63, 3.8) is 0 Å². The Kier molecular flexibility index (Phi) is 20.2. The summed E-state index contributed by atoms with van der Waals surface area (Å²) in [6.45, 7) is 13.2. The van der Waals surface area contributed by atoms with Crippen molar-refractivity contribution >= 4 is 40.9 Å². The van der Waals surface area contributed by atoms with Crippen molar-refractivity contribution in [3.05, 3.63) is 51.7 Å². The molecule has 7 atom stereocenters. The molecule has 1 aliphatic heterocycles. The molecule has 0 radical (unpaired) electrons. The summed E-state index contributed by atoms with van der Waals surface area (Å²) < 4.78 is 13.6. The molecule has 1 aromatic carbocycles. The number of nitrogens with two attached hydrogens (primary N) is 1. The Morgan fingerprint density at radius 2 is 1.72 bits per heavy atom. The predicted molar refractivity (Wildman–Crippen MR) is 225 cm³/mol. The summed E-state index contributed by atoms with van der Waals surface area (Å²) >= 11 is 1.20. The van der Waals surface area contributed by atoms with E-state index in [9.17, 15) is 33.5 Å². The van der Waals surface area contributed by atoms with Gasteiger partial charge in [0.15, 0.2) is 0 Å². The number of nitrogens with zero attached hydrogens (tertiary/aromatic N) is 3. The Bertz CT molecular complexity index is 1620. The highest BCUT2D eigenvalue weighted by Crippen LogP contribution is 2.33. The van der Waals surface area contributed by atoms with Crippen molar-refractivity contribution in [2.45, 2.75) is 149 Å². The van der Waals surface area contributed by atoms with Gasteiger partial charge in [0.05, 0.1) is 17.5 Å². The number of hydrogen-bond donors (Lipinski definition) is 5. The molecule has 58 heavy (non-hydrogen) atoms. The molecule has 1 fully saturated rings. The summed E-state index contributed by atoms with van der Waals surface area (Å²) in [5.41, 5.74) is 3.01. The topological polar surface area (TPSA) is 187 Å². The molecule has 4 amide bonds. The van der Waals surface area contributed by atoms with Gasteiger partial charge in [-0.15, -0.1) is 11.3 Å². The third kappa shape index (κ3) is 14.7. The standard InChI is InChI=1S/C43H68FN7O6S/c1-8-10-11-13-21-51(43(57)38(28(5)9-2)48-41(56)35-15-12-14-20-50(35)7)36(27(3)4)24-31(25-37(52)53)42-47-34(26-58-42)40(55)46-33(22-29(6)39(54)49-45)23-30-16-18-32(44)19-17-30/h16-19,26-29,31,33,35-36,38H,8-15,20-25,45H2,1-7H3,(H,46,55)(H,48,56)(H,49,54)(H,52,53)/t28-,29+,31-,33-,35-,36-,38+/m1/s1. The van der Waals surface area contributed by atoms with Crippen molar-refractivity contribution in [1.29, 1.82) is 0 Å². The number of hydrazine groups is 1. The number of halogens is 1. The SMILES string of the molecule is CCCCCCN(C(=O)[C@@H](NC(=O)[C@H]1CCCCN1C)[C@H](C)CC)[C@H](C[C@H](CC(=O)O)c1nc(C(=O)N[C@@H](Cc2ccc(F)cc2)C[C@H](C)C(=O)NN)cs1)C(C)C. The van der Waals surface area contributed by atoms with Gasteiger partial charge in [-0.05, 0) is 81.6 Å². The van der Waals surface area contributed by atoms with Crippen molar-refractivity contribution in [2.75, 3.05) is 20.1 Å². The van der Waals surface area contributed by atoms with Gasteiger partial charge in [0.2, 0.25) is 17.7 Å². The van der Waals surface area contributed by atoms with E-state index < -0.39 is 41.7 Å². The molecule has 13 nitrogen and oxygen atoms in total. The molecule has 0 unspecified atom stereocenters. The molecule has 0 spiro atoms. The number of carbonyl (C=O) groups is 5. The van der Waals surface area contributed by atoms with Gasteiger partial charge in [-0.25, -0.2) is 15.2 Å². The molecule has 1 aromatic heterocycles. The van der Waals surface area contributed by atoms with Crippen LogP contribution in [0, 0.1) is 23.6 Å². The number of carboxylic acids is 1. The summed E-state index contributed by atoms with van der Waals surface area (Å²) in [4.78, 5) is 75.5. The van der Waals surface area contributed by atoms with Crippen LogP contribution < -0.4 is 21.9 Å². The number of likely N-dealkylation sites (tertiary alicyclic amines) is 1. The number of likely N-dealkylation sites (N-methyl/N-ethyl adjacent to an activating group) is 1. The maximum absolute atomic E-state index is 14.8. The number of unbranched alkanes of at least 4 members (excludes halogenated alkanes) is 3. The van der Waals surface area contributed by atoms with Crippen molar-refractivity contribution < 1.29 is 33.5 Å². The number of carboxylic acid groups (broad SMARTS) is 1. The van der Waals surface area contributed by atoms with E-state index >= 15 is 0 Å². The zero-order chi connectivity index (χ0) is 42.9. The van der Waals surface area contributed by atoms with E-state index in [1.807, 2.05) is 39.6 Å². The molecular weight excluding hydrogens is 762 g/mol. The van der Waals surface area contributed by atoms with Crippen LogP contribution in [-0.2, 0) is 25.6 Å². The lowest BCUT2D eigenvalue weighted by molar-refractivity contribution is -0.142. The van der Waals surface area contributed by atoms with Gasteiger partial charge < -0.3 is 20.6 Å². The van der Waals surface area contributed by atoms with Crippen molar-refractivity contribution in [1.82, 2.24) is 30.8 Å². The fourth-order valence-electron chi connectivity index (χ4n) is 7.81. The lowest BCUT2D eigenvalue weighted by Crippen LogP contribution is -2.58. The van der Waals surface area contributed by atoms with Gasteiger partial charge >= 0.3 is 5.97 Å². The van der Waals surface area contributed by atoms with E-state index in [4.69, 9.17) is 5.84 Å². The zero-order valence-corrected chi connectivity index (χ0v) is 36.4. The monoisotopic (exact) mass is 829 g/mol. The summed E-state index contributed by atoms with van der Waals surface area (Å²) in [6, 6.07) is 3.97. The minimum Gasteiger partial charge on any atom is -0.481 e. The summed E-state index contributed by atoms with van der Waals surface area (Å²) in [5, 5.41) is 18.3. The number of aromatic nitrogens is 1. The van der Waals surface area contributed by atoms with Gasteiger partial charge in [0, 0.05) is 35.8 Å². The van der Waals surface area contributed by atoms with Crippen LogP contribution in [-0.4, -0.2) is 93.8 Å². The van der Waals surface area contributed by atoms with E-state index in [0.717, 1.165) is 57.1 Å². The van der Waals surface area contributed by atoms with E-state index in [-0.39, 0.29) is 60.1 Å². The van der Waals surface area contributed by atoms with Crippen LogP contribution in [0.1, 0.15) is 139 Å². The molecule has 0 aliphatic carbocycles. The first kappa shape index (κ1) is 48.4. The number of aliphatic carboxylic acids is 1. The fourth-order valence-corrected chi connectivity index (χ4v) is 8.73. The van der Waals surface area contributed by atoms with Gasteiger partial charge in [-0.2, -0.15) is 0 Å². The van der Waals surface area contributed by atoms with Gasteiger partial charge in [-0.1, -0.05) is 85.8 Å². The lowest BCUT2D eigenvalue weighted by atomic mass is 9.88. The molecule has 2 aromatic rings. The highest BCUT2D eigenvalue weighted by atomic mass is 32.1. The van der Waals surface area contributed by atoms with Crippen LogP contribution >= 0.6 is 11.3 Å². The van der Waals surface area contributed by atoms with Crippen molar-refractivity contribution in [2.24, 2.45) is 23.6 Å². The molecular formula is C43H68FN7O6S. The van der Waals surface area contributed by atoms with Crippen LogP contribution in [0.25, 0.3) is 0 Å². The Morgan fingerprint density at radius 1 is 1.02 bits per heavy atom. The second-order valence-corrected chi connectivity index (χ2v) is 17.4. The van der Waals surface area contributed by atoms with Gasteiger partial charge in [-0.3, -0.25) is 34.3 Å². The molecule has 324 valence electrons. The number of nitrogens with one attached hydrogen (secondary N) is 3. The normalized spacial score (nSPS) is 17.7. The Hall–Kier alpha value is -3.95. The summed E-state index contributed by atoms with van der Waals surface area (Å²) in [5.74, 6) is 1.43. The average molecular weight is 830 g/mol. The molecule has 1 saturated heterocycles. The Balaban J connectivity index is 1.93. The largest absolute Gasteiger partial charge is 0.481 e. The Labute approximate surface area is 348 Å². The van der Waals surface area contributed by atoms with Crippen LogP contribution in [0.15, 0.2) is 29.6 Å². The maximum Gasteiger partial charge on any atom is 0.304 e. The third-order valence-electron chi connectivity index (χ3n) is 11.6. The number of rotatable bonds is 24. The first-order chi connectivity index (χ1) is 27.6. The van der Waals surface area contributed by atoms with Crippen LogP contribution in [0.2, 0.25) is 0 Å². The highest BCUT2D eigenvalue weighted by molar-refractivity contribution is 7.10. The number of thiazole rings is 1. The summed E-state index contributed by atoms with van der Waals surface area (Å²) in [6.07, 6.45) is 7.76. The van der Waals surface area contributed by atoms with Crippen molar-refractivity contribution in [3.8, 4) is 0 Å².